The molecule has 0 aliphatic heterocycles. The van der Waals surface area contributed by atoms with Gasteiger partial charge in [0.15, 0.2) is 5.16 Å². The number of nitrogens with zero attached hydrogens (tertiary/aromatic N) is 2. The van der Waals surface area contributed by atoms with Crippen molar-refractivity contribution in [3.8, 4) is 0 Å². The minimum absolute atomic E-state index is 0.311. The van der Waals surface area contributed by atoms with Crippen molar-refractivity contribution in [3.05, 3.63) is 52.8 Å². The average Bonchev–Trinajstić information content (AvgIpc) is 2.40. The first-order valence-electron chi connectivity index (χ1n) is 6.78. The fourth-order valence-electron chi connectivity index (χ4n) is 2.22. The largest absolute Gasteiger partial charge is 0.312 e. The molecule has 0 fully saturated rings. The van der Waals surface area contributed by atoms with Gasteiger partial charge in [0.1, 0.15) is 0 Å². The molecule has 20 heavy (non-hydrogen) atoms. The summed E-state index contributed by atoms with van der Waals surface area (Å²) in [7, 11) is 2.00. The zero-order valence-corrected chi connectivity index (χ0v) is 13.3. The molecule has 0 radical (unpaired) electrons. The first-order valence-corrected chi connectivity index (χ1v) is 7.76. The second-order valence-corrected chi connectivity index (χ2v) is 5.93. The van der Waals surface area contributed by atoms with Crippen LogP contribution in [-0.2, 0) is 0 Å². The molecule has 1 unspecified atom stereocenters. The van der Waals surface area contributed by atoms with Gasteiger partial charge in [-0.05, 0) is 45.0 Å². The number of rotatable bonds is 5. The molecular weight excluding hydrogens is 266 g/mol. The number of thioether (sulfide) groups is 1. The van der Waals surface area contributed by atoms with Gasteiger partial charge in [-0.3, -0.25) is 0 Å². The van der Waals surface area contributed by atoms with Crippen LogP contribution in [0.5, 0.6) is 0 Å². The summed E-state index contributed by atoms with van der Waals surface area (Å²) in [6.45, 7) is 6.17. The number of hydrogen-bond donors (Lipinski definition) is 1. The minimum Gasteiger partial charge on any atom is -0.312 e. The summed E-state index contributed by atoms with van der Waals surface area (Å²) in [6, 6.07) is 10.8. The van der Waals surface area contributed by atoms with Crippen LogP contribution in [0, 0.1) is 20.8 Å². The van der Waals surface area contributed by atoms with Crippen LogP contribution in [0.2, 0.25) is 0 Å². The maximum Gasteiger partial charge on any atom is 0.188 e. The topological polar surface area (TPSA) is 37.8 Å². The summed E-state index contributed by atoms with van der Waals surface area (Å²) in [5.74, 6) is 0.921. The molecule has 106 valence electrons. The molecule has 3 nitrogen and oxygen atoms in total. The maximum atomic E-state index is 4.48. The van der Waals surface area contributed by atoms with Crippen molar-refractivity contribution >= 4 is 11.8 Å². The molecule has 0 saturated heterocycles. The molecule has 0 aliphatic carbocycles. The van der Waals surface area contributed by atoms with Gasteiger partial charge in [0, 0.05) is 23.2 Å². The van der Waals surface area contributed by atoms with Crippen LogP contribution in [0.25, 0.3) is 0 Å². The van der Waals surface area contributed by atoms with Gasteiger partial charge in [0.2, 0.25) is 0 Å². The van der Waals surface area contributed by atoms with Gasteiger partial charge in [-0.1, -0.05) is 36.0 Å². The highest BCUT2D eigenvalue weighted by Gasteiger charge is 2.12. The molecule has 1 aromatic heterocycles. The third kappa shape index (κ3) is 3.81. The molecule has 0 saturated carbocycles. The van der Waals surface area contributed by atoms with Gasteiger partial charge < -0.3 is 5.32 Å². The second-order valence-electron chi connectivity index (χ2n) is 4.94. The second kappa shape index (κ2) is 6.86. The first-order chi connectivity index (χ1) is 9.60. The molecular formula is C16H21N3S. The van der Waals surface area contributed by atoms with Crippen LogP contribution < -0.4 is 5.32 Å². The van der Waals surface area contributed by atoms with Gasteiger partial charge in [-0.15, -0.1) is 0 Å². The van der Waals surface area contributed by atoms with E-state index in [2.05, 4.69) is 46.5 Å². The first kappa shape index (κ1) is 15.0. The third-order valence-corrected chi connectivity index (χ3v) is 4.19. The molecule has 2 aromatic rings. The van der Waals surface area contributed by atoms with Gasteiger partial charge in [0.25, 0.3) is 0 Å². The zero-order valence-electron chi connectivity index (χ0n) is 12.5. The summed E-state index contributed by atoms with van der Waals surface area (Å²) in [5, 5.41) is 4.24. The van der Waals surface area contributed by atoms with Crippen molar-refractivity contribution in [1.29, 1.82) is 0 Å². The van der Waals surface area contributed by atoms with Crippen molar-refractivity contribution in [2.24, 2.45) is 0 Å². The summed E-state index contributed by atoms with van der Waals surface area (Å²) >= 11 is 1.70. The smallest absolute Gasteiger partial charge is 0.188 e. The number of aromatic nitrogens is 2. The highest BCUT2D eigenvalue weighted by Crippen LogP contribution is 2.24. The van der Waals surface area contributed by atoms with Crippen LogP contribution >= 0.6 is 11.8 Å². The average molecular weight is 287 g/mol. The van der Waals surface area contributed by atoms with E-state index in [0.29, 0.717) is 6.04 Å². The van der Waals surface area contributed by atoms with Gasteiger partial charge in [-0.25, -0.2) is 9.97 Å². The lowest BCUT2D eigenvalue weighted by molar-refractivity contribution is 0.656. The van der Waals surface area contributed by atoms with E-state index in [0.717, 1.165) is 22.3 Å². The summed E-state index contributed by atoms with van der Waals surface area (Å²) < 4.78 is 0. The van der Waals surface area contributed by atoms with E-state index in [1.807, 2.05) is 27.0 Å². The van der Waals surface area contributed by atoms with Gasteiger partial charge in [0.05, 0.1) is 0 Å². The molecule has 0 bridgehead atoms. The Morgan fingerprint density at radius 2 is 1.75 bits per heavy atom. The Morgan fingerprint density at radius 1 is 1.10 bits per heavy atom. The number of benzene rings is 1. The van der Waals surface area contributed by atoms with E-state index in [1.54, 1.807) is 11.8 Å². The Balaban J connectivity index is 2.10. The third-order valence-electron chi connectivity index (χ3n) is 3.25. The highest BCUT2D eigenvalue weighted by atomic mass is 32.2. The molecule has 1 heterocycles. The highest BCUT2D eigenvalue weighted by molar-refractivity contribution is 7.99. The predicted molar refractivity (Wildman–Crippen MR) is 85.2 cm³/mol. The molecule has 0 spiro atoms. The van der Waals surface area contributed by atoms with Crippen molar-refractivity contribution in [3.63, 3.8) is 0 Å². The normalized spacial score (nSPS) is 12.4. The maximum absolute atomic E-state index is 4.48. The molecule has 4 heteroatoms. The fraction of sp³-hybridized carbons (Fsp3) is 0.375. The molecule has 1 N–H and O–H groups in total. The standard InChI is InChI=1S/C16H21N3S/c1-11-7-5-6-8-14(11)15(17-4)10-20-16-18-12(2)9-13(3)19-16/h5-9,15,17H,10H2,1-4H3. The summed E-state index contributed by atoms with van der Waals surface area (Å²) in [5.41, 5.74) is 4.70. The predicted octanol–water partition coefficient (Wildman–Crippen LogP) is 3.45. The SMILES string of the molecule is CNC(CSc1nc(C)cc(C)n1)c1ccccc1C. The zero-order chi connectivity index (χ0) is 14.5. The Bertz CT molecular complexity index is 563. The van der Waals surface area contributed by atoms with E-state index in [-0.39, 0.29) is 0 Å². The van der Waals surface area contributed by atoms with Gasteiger partial charge in [-0.2, -0.15) is 0 Å². The van der Waals surface area contributed by atoms with Crippen LogP contribution in [0.15, 0.2) is 35.5 Å². The van der Waals surface area contributed by atoms with Crippen LogP contribution in [0.4, 0.5) is 0 Å². The Hall–Kier alpha value is -1.39. The molecule has 1 aromatic carbocycles. The fourth-order valence-corrected chi connectivity index (χ4v) is 3.30. The van der Waals surface area contributed by atoms with Crippen LogP contribution in [-0.4, -0.2) is 22.8 Å². The number of hydrogen-bond acceptors (Lipinski definition) is 4. The van der Waals surface area contributed by atoms with Crippen molar-refractivity contribution in [2.75, 3.05) is 12.8 Å². The van der Waals surface area contributed by atoms with Crippen molar-refractivity contribution < 1.29 is 0 Å². The van der Waals surface area contributed by atoms with E-state index in [4.69, 9.17) is 0 Å². The van der Waals surface area contributed by atoms with Crippen molar-refractivity contribution in [2.45, 2.75) is 32.0 Å². The van der Waals surface area contributed by atoms with Crippen LogP contribution in [0.1, 0.15) is 28.6 Å². The molecule has 0 aliphatic rings. The van der Waals surface area contributed by atoms with E-state index >= 15 is 0 Å². The Morgan fingerprint density at radius 3 is 2.35 bits per heavy atom. The van der Waals surface area contributed by atoms with Gasteiger partial charge >= 0.3 is 0 Å². The van der Waals surface area contributed by atoms with Crippen molar-refractivity contribution in [1.82, 2.24) is 15.3 Å². The summed E-state index contributed by atoms with van der Waals surface area (Å²) in [4.78, 5) is 8.96. The van der Waals surface area contributed by atoms with E-state index in [9.17, 15) is 0 Å². The van der Waals surface area contributed by atoms with E-state index < -0.39 is 0 Å². The monoisotopic (exact) mass is 287 g/mol. The lowest BCUT2D eigenvalue weighted by Crippen LogP contribution is -2.19. The summed E-state index contributed by atoms with van der Waals surface area (Å²) in [6.07, 6.45) is 0. The Kier molecular flexibility index (Phi) is 5.15. The van der Waals surface area contributed by atoms with E-state index in [1.165, 1.54) is 11.1 Å². The molecule has 2 rings (SSSR count). The lowest BCUT2D eigenvalue weighted by Gasteiger charge is -2.18. The number of nitrogens with one attached hydrogen (secondary N) is 1. The van der Waals surface area contributed by atoms with Crippen LogP contribution in [0.3, 0.4) is 0 Å². The Labute approximate surface area is 125 Å². The number of aryl methyl sites for hydroxylation is 3. The quantitative estimate of drug-likeness (QED) is 0.675. The lowest BCUT2D eigenvalue weighted by atomic mass is 10.0. The molecule has 0 amide bonds. The minimum atomic E-state index is 0.311. The molecule has 1 atom stereocenters.